The minimum absolute atomic E-state index is 0.00203. The average Bonchev–Trinajstić information content (AvgIpc) is 2.88. The molecule has 0 fully saturated rings. The van der Waals surface area contributed by atoms with Gasteiger partial charge in [-0.05, 0) is 19.4 Å². The lowest BCUT2D eigenvalue weighted by Gasteiger charge is -2.20. The SMILES string of the molecule is CCCCN(CCO)S(=O)(=O)c1cc(C(=O)O)n(CC)c1. The number of carboxylic acids is 1. The van der Waals surface area contributed by atoms with Crippen molar-refractivity contribution in [1.82, 2.24) is 8.87 Å². The van der Waals surface area contributed by atoms with Gasteiger partial charge in [0, 0.05) is 25.8 Å². The highest BCUT2D eigenvalue weighted by Gasteiger charge is 2.27. The quantitative estimate of drug-likeness (QED) is 0.707. The first kappa shape index (κ1) is 17.7. The summed E-state index contributed by atoms with van der Waals surface area (Å²) in [7, 11) is -3.79. The van der Waals surface area contributed by atoms with Crippen molar-refractivity contribution in [2.24, 2.45) is 0 Å². The molecule has 1 rings (SSSR count). The number of aromatic nitrogens is 1. The van der Waals surface area contributed by atoms with Crippen LogP contribution in [-0.4, -0.2) is 53.2 Å². The Hall–Kier alpha value is -1.38. The van der Waals surface area contributed by atoms with Crippen LogP contribution in [0.25, 0.3) is 0 Å². The average molecular weight is 318 g/mol. The van der Waals surface area contributed by atoms with Crippen molar-refractivity contribution in [2.75, 3.05) is 19.7 Å². The standard InChI is InChI=1S/C13H22N2O5S/c1-3-5-6-15(7-8-16)21(19,20)11-9-12(13(17)18)14(4-2)10-11/h9-10,16H,3-8H2,1-2H3,(H,17,18). The highest BCUT2D eigenvalue weighted by Crippen LogP contribution is 2.20. The maximum absolute atomic E-state index is 12.5. The van der Waals surface area contributed by atoms with E-state index in [0.717, 1.165) is 12.5 Å². The topological polar surface area (TPSA) is 99.8 Å². The van der Waals surface area contributed by atoms with Gasteiger partial charge in [0.1, 0.15) is 10.6 Å². The number of aryl methyl sites for hydroxylation is 1. The van der Waals surface area contributed by atoms with Crippen LogP contribution in [0.3, 0.4) is 0 Å². The molecule has 0 amide bonds. The van der Waals surface area contributed by atoms with E-state index in [1.807, 2.05) is 6.92 Å². The zero-order valence-corrected chi connectivity index (χ0v) is 13.1. The molecule has 0 aliphatic rings. The first-order valence-electron chi connectivity index (χ1n) is 6.92. The van der Waals surface area contributed by atoms with E-state index in [0.29, 0.717) is 19.5 Å². The molecule has 1 aromatic rings. The third kappa shape index (κ3) is 4.05. The zero-order chi connectivity index (χ0) is 16.0. The Morgan fingerprint density at radius 3 is 2.43 bits per heavy atom. The van der Waals surface area contributed by atoms with Gasteiger partial charge in [-0.25, -0.2) is 13.2 Å². The Balaban J connectivity index is 3.18. The summed E-state index contributed by atoms with van der Waals surface area (Å²) in [6, 6.07) is 1.16. The van der Waals surface area contributed by atoms with E-state index < -0.39 is 16.0 Å². The summed E-state index contributed by atoms with van der Waals surface area (Å²) < 4.78 is 27.7. The number of carboxylic acid groups (broad SMARTS) is 1. The molecular weight excluding hydrogens is 296 g/mol. The van der Waals surface area contributed by atoms with Gasteiger partial charge in [0.2, 0.25) is 10.0 Å². The Bertz CT molecular complexity index is 579. The van der Waals surface area contributed by atoms with E-state index in [1.165, 1.54) is 15.1 Å². The Morgan fingerprint density at radius 2 is 2.00 bits per heavy atom. The van der Waals surface area contributed by atoms with Crippen molar-refractivity contribution in [3.05, 3.63) is 18.0 Å². The van der Waals surface area contributed by atoms with E-state index in [9.17, 15) is 13.2 Å². The van der Waals surface area contributed by atoms with Crippen molar-refractivity contribution >= 4 is 16.0 Å². The zero-order valence-electron chi connectivity index (χ0n) is 12.3. The van der Waals surface area contributed by atoms with Gasteiger partial charge in [0.05, 0.1) is 6.61 Å². The number of aliphatic hydroxyl groups excluding tert-OH is 1. The fourth-order valence-corrected chi connectivity index (χ4v) is 3.52. The summed E-state index contributed by atoms with van der Waals surface area (Å²) in [5.41, 5.74) is -0.0597. The fourth-order valence-electron chi connectivity index (χ4n) is 2.01. The van der Waals surface area contributed by atoms with Crippen LogP contribution in [0, 0.1) is 0 Å². The number of nitrogens with zero attached hydrogens (tertiary/aromatic N) is 2. The molecule has 0 aromatic carbocycles. The number of hydrogen-bond donors (Lipinski definition) is 2. The van der Waals surface area contributed by atoms with Crippen LogP contribution in [0.15, 0.2) is 17.2 Å². The van der Waals surface area contributed by atoms with Gasteiger partial charge < -0.3 is 14.8 Å². The molecule has 1 heterocycles. The molecule has 0 bridgehead atoms. The molecule has 0 aliphatic carbocycles. The second-order valence-electron chi connectivity index (χ2n) is 4.63. The van der Waals surface area contributed by atoms with Crippen molar-refractivity contribution in [3.8, 4) is 0 Å². The number of hydrogen-bond acceptors (Lipinski definition) is 4. The van der Waals surface area contributed by atoms with E-state index in [4.69, 9.17) is 10.2 Å². The summed E-state index contributed by atoms with van der Waals surface area (Å²) in [5.74, 6) is -1.17. The van der Waals surface area contributed by atoms with Gasteiger partial charge in [-0.15, -0.1) is 0 Å². The summed E-state index contributed by atoms with van der Waals surface area (Å²) in [4.78, 5) is 11.1. The molecule has 120 valence electrons. The number of carbonyl (C=O) groups is 1. The minimum Gasteiger partial charge on any atom is -0.477 e. The van der Waals surface area contributed by atoms with Gasteiger partial charge in [-0.1, -0.05) is 13.3 Å². The lowest BCUT2D eigenvalue weighted by Crippen LogP contribution is -2.34. The minimum atomic E-state index is -3.79. The molecular formula is C13H22N2O5S. The van der Waals surface area contributed by atoms with Crippen LogP contribution in [0.4, 0.5) is 0 Å². The van der Waals surface area contributed by atoms with Crippen LogP contribution in [0.1, 0.15) is 37.2 Å². The van der Waals surface area contributed by atoms with Gasteiger partial charge in [-0.2, -0.15) is 4.31 Å². The van der Waals surface area contributed by atoms with Crippen molar-refractivity contribution in [3.63, 3.8) is 0 Å². The molecule has 0 saturated carbocycles. The van der Waals surface area contributed by atoms with Crippen LogP contribution < -0.4 is 0 Å². The molecule has 7 nitrogen and oxygen atoms in total. The smallest absolute Gasteiger partial charge is 0.352 e. The van der Waals surface area contributed by atoms with Crippen LogP contribution >= 0.6 is 0 Å². The lowest BCUT2D eigenvalue weighted by atomic mass is 10.3. The van der Waals surface area contributed by atoms with Crippen molar-refractivity contribution in [2.45, 2.75) is 38.1 Å². The second-order valence-corrected chi connectivity index (χ2v) is 6.57. The maximum atomic E-state index is 12.5. The van der Waals surface area contributed by atoms with Gasteiger partial charge in [0.25, 0.3) is 0 Å². The Morgan fingerprint density at radius 1 is 1.33 bits per heavy atom. The van der Waals surface area contributed by atoms with Gasteiger partial charge in [0.15, 0.2) is 0 Å². The van der Waals surface area contributed by atoms with Crippen LogP contribution in [0.5, 0.6) is 0 Å². The summed E-state index contributed by atoms with van der Waals surface area (Å²) in [6.45, 7) is 4.09. The highest BCUT2D eigenvalue weighted by molar-refractivity contribution is 7.89. The van der Waals surface area contributed by atoms with Gasteiger partial charge in [-0.3, -0.25) is 0 Å². The van der Waals surface area contributed by atoms with Crippen molar-refractivity contribution in [1.29, 1.82) is 0 Å². The van der Waals surface area contributed by atoms with Crippen molar-refractivity contribution < 1.29 is 23.4 Å². The third-order valence-electron chi connectivity index (χ3n) is 3.18. The molecule has 2 N–H and O–H groups in total. The predicted molar refractivity (Wildman–Crippen MR) is 77.8 cm³/mol. The van der Waals surface area contributed by atoms with E-state index in [1.54, 1.807) is 6.92 Å². The highest BCUT2D eigenvalue weighted by atomic mass is 32.2. The Kier molecular flexibility index (Phi) is 6.38. The molecule has 1 aromatic heterocycles. The fraction of sp³-hybridized carbons (Fsp3) is 0.615. The van der Waals surface area contributed by atoms with E-state index in [-0.39, 0.29) is 23.7 Å². The predicted octanol–water partition coefficient (Wildman–Crippen LogP) is 0.989. The monoisotopic (exact) mass is 318 g/mol. The summed E-state index contributed by atoms with van der Waals surface area (Å²) >= 11 is 0. The number of aliphatic hydroxyl groups is 1. The first-order chi connectivity index (χ1) is 9.88. The second kappa shape index (κ2) is 7.58. The van der Waals surface area contributed by atoms with Gasteiger partial charge >= 0.3 is 5.97 Å². The molecule has 0 unspecified atom stereocenters. The summed E-state index contributed by atoms with van der Waals surface area (Å²) in [5, 5.41) is 18.1. The third-order valence-corrected chi connectivity index (χ3v) is 5.04. The molecule has 0 saturated heterocycles. The number of unbranched alkanes of at least 4 members (excludes halogenated alkanes) is 1. The van der Waals surface area contributed by atoms with Crippen LogP contribution in [0.2, 0.25) is 0 Å². The summed E-state index contributed by atoms with van der Waals surface area (Å²) in [6.07, 6.45) is 2.84. The van der Waals surface area contributed by atoms with E-state index in [2.05, 4.69) is 0 Å². The Labute approximate surface area is 124 Å². The van der Waals surface area contributed by atoms with E-state index >= 15 is 0 Å². The number of aromatic carboxylic acids is 1. The molecule has 8 heteroatoms. The van der Waals surface area contributed by atoms with Crippen LogP contribution in [-0.2, 0) is 16.6 Å². The number of sulfonamides is 1. The number of rotatable bonds is 9. The first-order valence-corrected chi connectivity index (χ1v) is 8.36. The largest absolute Gasteiger partial charge is 0.477 e. The molecule has 0 radical (unpaired) electrons. The lowest BCUT2D eigenvalue weighted by molar-refractivity contribution is 0.0685. The molecule has 0 aliphatic heterocycles. The molecule has 0 atom stereocenters. The molecule has 0 spiro atoms. The maximum Gasteiger partial charge on any atom is 0.352 e. The molecule has 21 heavy (non-hydrogen) atoms. The normalized spacial score (nSPS) is 12.0.